The van der Waals surface area contributed by atoms with Gasteiger partial charge in [-0.25, -0.2) is 4.98 Å². The molecule has 0 spiro atoms. The van der Waals surface area contributed by atoms with E-state index in [4.69, 9.17) is 9.47 Å². The molecule has 1 N–H and O–H groups in total. The lowest BCUT2D eigenvalue weighted by Crippen LogP contribution is -1.96. The van der Waals surface area contributed by atoms with Crippen molar-refractivity contribution in [2.75, 3.05) is 18.5 Å². The van der Waals surface area contributed by atoms with Crippen LogP contribution in [0, 0.1) is 11.3 Å². The molecule has 3 aromatic rings. The van der Waals surface area contributed by atoms with Crippen LogP contribution in [0.3, 0.4) is 0 Å². The molecule has 0 aliphatic heterocycles. The summed E-state index contributed by atoms with van der Waals surface area (Å²) in [5.74, 6) is 1.68. The van der Waals surface area contributed by atoms with Gasteiger partial charge in [0, 0.05) is 22.8 Å². The summed E-state index contributed by atoms with van der Waals surface area (Å²) in [5.41, 5.74) is 3.20. The second kappa shape index (κ2) is 11.0. The lowest BCUT2D eigenvalue weighted by Gasteiger charge is -2.06. The molecule has 154 valence electrons. The highest BCUT2D eigenvalue weighted by Gasteiger charge is 2.09. The average molecular weight is 420 g/mol. The molecule has 0 aliphatic carbocycles. The minimum Gasteiger partial charge on any atom is -0.494 e. The van der Waals surface area contributed by atoms with Crippen molar-refractivity contribution >= 4 is 22.6 Å². The predicted octanol–water partition coefficient (Wildman–Crippen LogP) is 6.36. The first-order valence-electron chi connectivity index (χ1n) is 10.0. The van der Waals surface area contributed by atoms with E-state index >= 15 is 0 Å². The summed E-state index contributed by atoms with van der Waals surface area (Å²) in [6, 6.07) is 17.7. The molecule has 0 atom stereocenters. The van der Waals surface area contributed by atoms with E-state index in [1.54, 1.807) is 6.20 Å². The van der Waals surface area contributed by atoms with Crippen molar-refractivity contribution in [3.8, 4) is 28.8 Å². The Kier molecular flexibility index (Phi) is 7.87. The largest absolute Gasteiger partial charge is 0.494 e. The summed E-state index contributed by atoms with van der Waals surface area (Å²) in [6.45, 7) is 5.46. The minimum atomic E-state index is 0.487. The fourth-order valence-corrected chi connectivity index (χ4v) is 3.49. The number of unbranched alkanes of at least 4 members (excludes halogenated alkanes) is 1. The smallest absolute Gasteiger partial charge is 0.136 e. The lowest BCUT2D eigenvalue weighted by molar-refractivity contribution is 0.309. The summed E-state index contributed by atoms with van der Waals surface area (Å²) in [4.78, 5) is 4.62. The van der Waals surface area contributed by atoms with Gasteiger partial charge in [-0.15, -0.1) is 11.3 Å². The minimum absolute atomic E-state index is 0.487. The first-order chi connectivity index (χ1) is 14.7. The molecule has 0 saturated heterocycles. The van der Waals surface area contributed by atoms with Crippen LogP contribution >= 0.6 is 11.3 Å². The number of allylic oxidation sites excluding steroid dienone is 1. The zero-order valence-corrected chi connectivity index (χ0v) is 18.0. The Bertz CT molecular complexity index is 1000. The first kappa shape index (κ1) is 21.4. The number of aromatic nitrogens is 1. The van der Waals surface area contributed by atoms with Crippen LogP contribution in [0.25, 0.3) is 16.8 Å². The monoisotopic (exact) mass is 419 g/mol. The maximum absolute atomic E-state index is 9.57. The van der Waals surface area contributed by atoms with E-state index in [1.807, 2.05) is 60.8 Å². The van der Waals surface area contributed by atoms with Crippen molar-refractivity contribution in [2.45, 2.75) is 26.7 Å². The zero-order valence-electron chi connectivity index (χ0n) is 17.2. The van der Waals surface area contributed by atoms with Gasteiger partial charge in [0.15, 0.2) is 0 Å². The molecule has 0 bridgehead atoms. The van der Waals surface area contributed by atoms with E-state index in [0.717, 1.165) is 47.9 Å². The Morgan fingerprint density at radius 1 is 1.07 bits per heavy atom. The molecule has 0 fully saturated rings. The highest BCUT2D eigenvalue weighted by atomic mass is 32.1. The Morgan fingerprint density at radius 2 is 1.77 bits per heavy atom. The number of rotatable bonds is 10. The third kappa shape index (κ3) is 5.85. The molecule has 0 radical (unpaired) electrons. The van der Waals surface area contributed by atoms with Gasteiger partial charge in [0.2, 0.25) is 0 Å². The maximum atomic E-state index is 9.57. The lowest BCUT2D eigenvalue weighted by atomic mass is 10.2. The Balaban J connectivity index is 1.66. The highest BCUT2D eigenvalue weighted by Crippen LogP contribution is 2.27. The van der Waals surface area contributed by atoms with Crippen LogP contribution in [0.4, 0.5) is 5.69 Å². The Labute approximate surface area is 181 Å². The Morgan fingerprint density at radius 3 is 2.43 bits per heavy atom. The van der Waals surface area contributed by atoms with Crippen LogP contribution in [0.1, 0.15) is 31.7 Å². The van der Waals surface area contributed by atoms with E-state index in [1.165, 1.54) is 11.3 Å². The van der Waals surface area contributed by atoms with Gasteiger partial charge in [-0.2, -0.15) is 5.26 Å². The molecule has 1 heterocycles. The van der Waals surface area contributed by atoms with Crippen LogP contribution < -0.4 is 14.8 Å². The standard InChI is InChI=1S/C24H25N3O2S/c1-3-5-14-29-22-12-8-20(9-13-22)26-16-19(15-25)24-27-23(17-30-24)18-6-10-21(11-7-18)28-4-2/h6-13,16-17,26H,3-5,14H2,1-2H3. The van der Waals surface area contributed by atoms with Gasteiger partial charge in [0.05, 0.1) is 18.9 Å². The fourth-order valence-electron chi connectivity index (χ4n) is 2.70. The summed E-state index contributed by atoms with van der Waals surface area (Å²) in [6.07, 6.45) is 3.84. The topological polar surface area (TPSA) is 67.2 Å². The van der Waals surface area contributed by atoms with Crippen LogP contribution in [0.2, 0.25) is 0 Å². The number of thiazole rings is 1. The third-order valence-corrected chi connectivity index (χ3v) is 5.20. The van der Waals surface area contributed by atoms with Gasteiger partial charge in [-0.05, 0) is 61.9 Å². The van der Waals surface area contributed by atoms with Crippen LogP contribution in [0.5, 0.6) is 11.5 Å². The van der Waals surface area contributed by atoms with Gasteiger partial charge >= 0.3 is 0 Å². The second-order valence-corrected chi connectivity index (χ2v) is 7.39. The Hall–Kier alpha value is -3.30. The van der Waals surface area contributed by atoms with Gasteiger partial charge in [-0.1, -0.05) is 13.3 Å². The fraction of sp³-hybridized carbons (Fsp3) is 0.250. The normalized spacial score (nSPS) is 11.0. The molecule has 2 aromatic carbocycles. The molecule has 0 saturated carbocycles. The van der Waals surface area contributed by atoms with Crippen molar-refractivity contribution < 1.29 is 9.47 Å². The van der Waals surface area contributed by atoms with Crippen molar-refractivity contribution in [1.82, 2.24) is 4.98 Å². The van der Waals surface area contributed by atoms with Crippen LogP contribution in [-0.2, 0) is 0 Å². The number of nitriles is 1. The highest BCUT2D eigenvalue weighted by molar-refractivity contribution is 7.11. The molecule has 0 unspecified atom stereocenters. The zero-order chi connectivity index (χ0) is 21.2. The van der Waals surface area contributed by atoms with E-state index in [0.29, 0.717) is 17.2 Å². The molecule has 30 heavy (non-hydrogen) atoms. The van der Waals surface area contributed by atoms with Crippen molar-refractivity contribution in [1.29, 1.82) is 5.26 Å². The molecule has 6 heteroatoms. The number of nitrogens with one attached hydrogen (secondary N) is 1. The number of benzene rings is 2. The van der Waals surface area contributed by atoms with Crippen molar-refractivity contribution in [3.05, 3.63) is 65.1 Å². The number of ether oxygens (including phenoxy) is 2. The number of nitrogens with zero attached hydrogens (tertiary/aromatic N) is 2. The van der Waals surface area contributed by atoms with Gasteiger partial charge in [-0.3, -0.25) is 0 Å². The van der Waals surface area contributed by atoms with Crippen LogP contribution in [0.15, 0.2) is 60.1 Å². The van der Waals surface area contributed by atoms with E-state index in [-0.39, 0.29) is 0 Å². The molecule has 3 rings (SSSR count). The molecular weight excluding hydrogens is 394 g/mol. The first-order valence-corrected chi connectivity index (χ1v) is 10.9. The molecule has 5 nitrogen and oxygen atoms in total. The van der Waals surface area contributed by atoms with Crippen molar-refractivity contribution in [2.24, 2.45) is 0 Å². The molecular formula is C24H25N3O2S. The van der Waals surface area contributed by atoms with E-state index in [2.05, 4.69) is 23.3 Å². The maximum Gasteiger partial charge on any atom is 0.136 e. The van der Waals surface area contributed by atoms with E-state index < -0.39 is 0 Å². The third-order valence-electron chi connectivity index (χ3n) is 4.32. The summed E-state index contributed by atoms with van der Waals surface area (Å²) in [7, 11) is 0. The summed E-state index contributed by atoms with van der Waals surface area (Å²) in [5, 5.41) is 15.4. The second-order valence-electron chi connectivity index (χ2n) is 6.54. The van der Waals surface area contributed by atoms with E-state index in [9.17, 15) is 5.26 Å². The van der Waals surface area contributed by atoms with Gasteiger partial charge in [0.25, 0.3) is 0 Å². The summed E-state index contributed by atoms with van der Waals surface area (Å²) < 4.78 is 11.1. The van der Waals surface area contributed by atoms with Gasteiger partial charge < -0.3 is 14.8 Å². The summed E-state index contributed by atoms with van der Waals surface area (Å²) >= 11 is 1.45. The molecule has 1 aromatic heterocycles. The quantitative estimate of drug-likeness (QED) is 0.306. The predicted molar refractivity (Wildman–Crippen MR) is 123 cm³/mol. The number of hydrogen-bond donors (Lipinski definition) is 1. The van der Waals surface area contributed by atoms with Crippen LogP contribution in [-0.4, -0.2) is 18.2 Å². The number of hydrogen-bond acceptors (Lipinski definition) is 6. The van der Waals surface area contributed by atoms with Crippen molar-refractivity contribution in [3.63, 3.8) is 0 Å². The molecule has 0 amide bonds. The molecule has 0 aliphatic rings. The number of anilines is 1. The average Bonchev–Trinajstić information content (AvgIpc) is 3.26. The SMILES string of the molecule is CCCCOc1ccc(NC=C(C#N)c2nc(-c3ccc(OCC)cc3)cs2)cc1. The van der Waals surface area contributed by atoms with Gasteiger partial charge in [0.1, 0.15) is 28.1 Å².